The molecule has 2 aromatic rings. The van der Waals surface area contributed by atoms with E-state index in [1.807, 2.05) is 17.5 Å². The minimum atomic E-state index is -0.385. The Labute approximate surface area is 113 Å². The highest BCUT2D eigenvalue weighted by molar-refractivity contribution is 7.20. The van der Waals surface area contributed by atoms with Crippen LogP contribution in [0.4, 0.5) is 0 Å². The molecule has 18 heavy (non-hydrogen) atoms. The van der Waals surface area contributed by atoms with E-state index in [0.29, 0.717) is 25.2 Å². The molecule has 1 aliphatic heterocycles. The maximum Gasteiger partial charge on any atom is 0.273 e. The Hall–Kier alpha value is -1.24. The van der Waals surface area contributed by atoms with E-state index < -0.39 is 0 Å². The van der Waals surface area contributed by atoms with Crippen molar-refractivity contribution in [2.45, 2.75) is 12.5 Å². The molecule has 4 nitrogen and oxygen atoms in total. The third-order valence-electron chi connectivity index (χ3n) is 2.91. The van der Waals surface area contributed by atoms with Crippen molar-refractivity contribution in [1.29, 1.82) is 0 Å². The zero-order chi connectivity index (χ0) is 12.5. The molecule has 6 heteroatoms. The van der Waals surface area contributed by atoms with E-state index in [4.69, 9.17) is 0 Å². The number of aliphatic hydroxyl groups is 1. The van der Waals surface area contributed by atoms with Gasteiger partial charge in [-0.15, -0.1) is 22.7 Å². The van der Waals surface area contributed by atoms with Gasteiger partial charge in [0.2, 0.25) is 0 Å². The van der Waals surface area contributed by atoms with Gasteiger partial charge < -0.3 is 10.0 Å². The maximum absolute atomic E-state index is 12.1. The molecule has 1 fully saturated rings. The second kappa shape index (κ2) is 4.79. The highest BCUT2D eigenvalue weighted by Gasteiger charge is 2.26. The Kier molecular flexibility index (Phi) is 3.15. The zero-order valence-electron chi connectivity index (χ0n) is 9.57. The Morgan fingerprint density at radius 3 is 3.06 bits per heavy atom. The normalized spacial score (nSPS) is 19.4. The van der Waals surface area contributed by atoms with Crippen molar-refractivity contribution in [2.24, 2.45) is 0 Å². The molecule has 0 unspecified atom stereocenters. The second-order valence-corrected chi connectivity index (χ2v) is 6.01. The summed E-state index contributed by atoms with van der Waals surface area (Å²) in [7, 11) is 0. The van der Waals surface area contributed by atoms with Gasteiger partial charge in [0.15, 0.2) is 0 Å². The molecule has 3 heterocycles. The fourth-order valence-electron chi connectivity index (χ4n) is 1.97. The number of aliphatic hydroxyl groups excluding tert-OH is 1. The molecule has 1 atom stereocenters. The van der Waals surface area contributed by atoms with Gasteiger partial charge in [0, 0.05) is 18.5 Å². The zero-order valence-corrected chi connectivity index (χ0v) is 11.2. The Morgan fingerprint density at radius 2 is 2.39 bits per heavy atom. The van der Waals surface area contributed by atoms with Crippen LogP contribution in [0.15, 0.2) is 22.9 Å². The average Bonchev–Trinajstić information content (AvgIpc) is 3.09. The highest BCUT2D eigenvalue weighted by Crippen LogP contribution is 2.28. The standard InChI is InChI=1S/C12H12N2O2S2/c15-8-3-4-14(6-8)12(16)9-7-18-11(13-9)10-2-1-5-17-10/h1-2,5,7-8,15H,3-4,6H2/t8-/m1/s1. The van der Waals surface area contributed by atoms with Gasteiger partial charge in [-0.2, -0.15) is 0 Å². The van der Waals surface area contributed by atoms with Gasteiger partial charge in [0.05, 0.1) is 11.0 Å². The second-order valence-electron chi connectivity index (χ2n) is 4.21. The number of hydrogen-bond acceptors (Lipinski definition) is 5. The lowest BCUT2D eigenvalue weighted by Crippen LogP contribution is -2.29. The summed E-state index contributed by atoms with van der Waals surface area (Å²) in [5.74, 6) is -0.0781. The number of thiazole rings is 1. The molecule has 3 rings (SSSR count). The first-order valence-corrected chi connectivity index (χ1v) is 7.47. The van der Waals surface area contributed by atoms with Crippen LogP contribution in [0.25, 0.3) is 9.88 Å². The van der Waals surface area contributed by atoms with Gasteiger partial charge in [0.25, 0.3) is 5.91 Å². The molecule has 0 aromatic carbocycles. The van der Waals surface area contributed by atoms with Gasteiger partial charge in [-0.3, -0.25) is 4.79 Å². The van der Waals surface area contributed by atoms with E-state index >= 15 is 0 Å². The van der Waals surface area contributed by atoms with Gasteiger partial charge in [-0.1, -0.05) is 6.07 Å². The van der Waals surface area contributed by atoms with Crippen LogP contribution in [-0.4, -0.2) is 40.1 Å². The molecule has 1 amide bonds. The number of carbonyl (C=O) groups is 1. The number of hydrogen-bond donors (Lipinski definition) is 1. The van der Waals surface area contributed by atoms with Crippen molar-refractivity contribution in [3.05, 3.63) is 28.6 Å². The first-order chi connectivity index (χ1) is 8.74. The van der Waals surface area contributed by atoms with E-state index in [2.05, 4.69) is 4.98 Å². The molecule has 0 spiro atoms. The lowest BCUT2D eigenvalue weighted by Gasteiger charge is -2.13. The van der Waals surface area contributed by atoms with E-state index in [-0.39, 0.29) is 12.0 Å². The minimum Gasteiger partial charge on any atom is -0.391 e. The number of β-amino-alcohol motifs (C(OH)–C–C–N with tert-alkyl or cyclic N) is 1. The van der Waals surface area contributed by atoms with E-state index in [1.165, 1.54) is 11.3 Å². The number of carbonyl (C=O) groups excluding carboxylic acids is 1. The Morgan fingerprint density at radius 1 is 1.50 bits per heavy atom. The van der Waals surface area contributed by atoms with Gasteiger partial charge in [-0.25, -0.2) is 4.98 Å². The molecule has 1 saturated heterocycles. The van der Waals surface area contributed by atoms with Crippen LogP contribution in [0.2, 0.25) is 0 Å². The van der Waals surface area contributed by atoms with Gasteiger partial charge in [0.1, 0.15) is 10.7 Å². The topological polar surface area (TPSA) is 53.4 Å². The predicted molar refractivity (Wildman–Crippen MR) is 72.0 cm³/mol. The predicted octanol–water partition coefficient (Wildman–Crippen LogP) is 2.08. The summed E-state index contributed by atoms with van der Waals surface area (Å²) < 4.78 is 0. The molecule has 0 saturated carbocycles. The first-order valence-electron chi connectivity index (χ1n) is 5.71. The number of aromatic nitrogens is 1. The fraction of sp³-hybridized carbons (Fsp3) is 0.333. The van der Waals surface area contributed by atoms with Crippen molar-refractivity contribution in [3.63, 3.8) is 0 Å². The molecule has 0 radical (unpaired) electrons. The summed E-state index contributed by atoms with van der Waals surface area (Å²) in [6, 6.07) is 3.97. The third-order valence-corrected chi connectivity index (χ3v) is 4.79. The van der Waals surface area contributed by atoms with Gasteiger partial charge in [-0.05, 0) is 17.9 Å². The smallest absolute Gasteiger partial charge is 0.273 e. The maximum atomic E-state index is 12.1. The van der Waals surface area contributed by atoms with Crippen molar-refractivity contribution in [3.8, 4) is 9.88 Å². The SMILES string of the molecule is O=C(c1csc(-c2cccs2)n1)N1CC[C@@H](O)C1. The summed E-state index contributed by atoms with van der Waals surface area (Å²) in [6.07, 6.45) is 0.276. The largest absolute Gasteiger partial charge is 0.391 e. The summed E-state index contributed by atoms with van der Waals surface area (Å²) in [5.41, 5.74) is 0.484. The van der Waals surface area contributed by atoms with Crippen LogP contribution in [0.1, 0.15) is 16.9 Å². The number of likely N-dealkylation sites (tertiary alicyclic amines) is 1. The van der Waals surface area contributed by atoms with Crippen LogP contribution in [-0.2, 0) is 0 Å². The lowest BCUT2D eigenvalue weighted by atomic mass is 10.3. The van der Waals surface area contributed by atoms with Crippen molar-refractivity contribution >= 4 is 28.6 Å². The minimum absolute atomic E-state index is 0.0781. The van der Waals surface area contributed by atoms with Crippen LogP contribution in [0, 0.1) is 0 Å². The number of amides is 1. The highest BCUT2D eigenvalue weighted by atomic mass is 32.1. The molecule has 94 valence electrons. The average molecular weight is 280 g/mol. The lowest BCUT2D eigenvalue weighted by molar-refractivity contribution is 0.0760. The summed E-state index contributed by atoms with van der Waals surface area (Å²) in [4.78, 5) is 19.3. The number of thiophene rings is 1. The van der Waals surface area contributed by atoms with E-state index in [0.717, 1.165) is 9.88 Å². The molecule has 0 aliphatic carbocycles. The summed E-state index contributed by atoms with van der Waals surface area (Å²) >= 11 is 3.10. The van der Waals surface area contributed by atoms with Gasteiger partial charge >= 0.3 is 0 Å². The molecular weight excluding hydrogens is 268 g/mol. The molecule has 1 N–H and O–H groups in total. The fourth-order valence-corrected chi connectivity index (χ4v) is 3.58. The molecule has 2 aromatic heterocycles. The van der Waals surface area contributed by atoms with E-state index in [9.17, 15) is 9.90 Å². The monoisotopic (exact) mass is 280 g/mol. The summed E-state index contributed by atoms with van der Waals surface area (Å²) in [6.45, 7) is 1.04. The molecular formula is C12H12N2O2S2. The Balaban J connectivity index is 1.79. The Bertz CT molecular complexity index is 550. The molecule has 1 aliphatic rings. The quantitative estimate of drug-likeness (QED) is 0.916. The van der Waals surface area contributed by atoms with E-state index in [1.54, 1.807) is 21.6 Å². The van der Waals surface area contributed by atoms with Crippen molar-refractivity contribution < 1.29 is 9.90 Å². The number of nitrogens with zero attached hydrogens (tertiary/aromatic N) is 2. The van der Waals surface area contributed by atoms with Crippen molar-refractivity contribution in [2.75, 3.05) is 13.1 Å². The first kappa shape index (κ1) is 11.8. The van der Waals surface area contributed by atoms with Crippen LogP contribution in [0.3, 0.4) is 0 Å². The third kappa shape index (κ3) is 2.19. The summed E-state index contributed by atoms with van der Waals surface area (Å²) in [5, 5.41) is 14.1. The van der Waals surface area contributed by atoms with Crippen LogP contribution in [0.5, 0.6) is 0 Å². The van der Waals surface area contributed by atoms with Crippen molar-refractivity contribution in [1.82, 2.24) is 9.88 Å². The molecule has 0 bridgehead atoms. The number of rotatable bonds is 2. The van der Waals surface area contributed by atoms with Crippen LogP contribution < -0.4 is 0 Å². The van der Waals surface area contributed by atoms with Crippen LogP contribution >= 0.6 is 22.7 Å².